The molecule has 0 aliphatic rings. The zero-order valence-electron chi connectivity index (χ0n) is 6.81. The van der Waals surface area contributed by atoms with Crippen molar-refractivity contribution < 1.29 is 9.13 Å². The second-order valence-electron chi connectivity index (χ2n) is 2.47. The fourth-order valence-corrected chi connectivity index (χ4v) is 1.70. The van der Waals surface area contributed by atoms with E-state index in [9.17, 15) is 4.39 Å². The highest BCUT2D eigenvalue weighted by Crippen LogP contribution is 2.21. The highest BCUT2D eigenvalue weighted by molar-refractivity contribution is 14.1. The van der Waals surface area contributed by atoms with E-state index in [1.54, 1.807) is 0 Å². The predicted octanol–water partition coefficient (Wildman–Crippen LogP) is 2.95. The van der Waals surface area contributed by atoms with Gasteiger partial charge in [0.25, 0.3) is 0 Å². The summed E-state index contributed by atoms with van der Waals surface area (Å²) >= 11 is 2.18. The molecule has 66 valence electrons. The number of alkyl halides is 1. The average Bonchev–Trinajstić information content (AvgIpc) is 2.03. The van der Waals surface area contributed by atoms with Crippen molar-refractivity contribution in [3.8, 4) is 5.75 Å². The molecule has 3 heteroatoms. The molecule has 1 nitrogen and oxygen atoms in total. The Morgan fingerprint density at radius 2 is 2.25 bits per heavy atom. The second kappa shape index (κ2) is 4.64. The summed E-state index contributed by atoms with van der Waals surface area (Å²) in [6.07, 6.45) is 0. The van der Waals surface area contributed by atoms with Gasteiger partial charge in [0.15, 0.2) is 0 Å². The van der Waals surface area contributed by atoms with Gasteiger partial charge in [-0.05, 0) is 47.2 Å². The molecular formula is C9H10FIO. The third-order valence-electron chi connectivity index (χ3n) is 1.42. The summed E-state index contributed by atoms with van der Waals surface area (Å²) < 4.78 is 17.9. The first kappa shape index (κ1) is 9.77. The number of hydrogen-bond donors (Lipinski definition) is 0. The fourth-order valence-electron chi connectivity index (χ4n) is 0.871. The summed E-state index contributed by atoms with van der Waals surface area (Å²) in [7, 11) is 0. The molecule has 0 aromatic heterocycles. The van der Waals surface area contributed by atoms with Crippen LogP contribution in [0.1, 0.15) is 5.56 Å². The van der Waals surface area contributed by atoms with Crippen LogP contribution in [0.25, 0.3) is 0 Å². The maximum atomic E-state index is 11.8. The molecule has 0 bridgehead atoms. The van der Waals surface area contributed by atoms with Crippen LogP contribution in [0.4, 0.5) is 4.39 Å². The molecule has 1 rings (SSSR count). The molecule has 12 heavy (non-hydrogen) atoms. The van der Waals surface area contributed by atoms with Gasteiger partial charge in [0, 0.05) is 0 Å². The van der Waals surface area contributed by atoms with E-state index in [1.165, 1.54) is 5.56 Å². The Morgan fingerprint density at radius 3 is 2.83 bits per heavy atom. The van der Waals surface area contributed by atoms with Crippen LogP contribution in [0.15, 0.2) is 18.2 Å². The normalized spacial score (nSPS) is 9.92. The van der Waals surface area contributed by atoms with E-state index in [0.717, 1.165) is 9.32 Å². The first-order valence-electron chi connectivity index (χ1n) is 3.69. The minimum atomic E-state index is -0.441. The lowest BCUT2D eigenvalue weighted by molar-refractivity contribution is 0.271. The molecule has 0 fully saturated rings. The van der Waals surface area contributed by atoms with Gasteiger partial charge in [0.1, 0.15) is 19.0 Å². The van der Waals surface area contributed by atoms with Crippen LogP contribution < -0.4 is 4.74 Å². The summed E-state index contributed by atoms with van der Waals surface area (Å²) in [6.45, 7) is 1.71. The molecule has 0 amide bonds. The van der Waals surface area contributed by atoms with Crippen LogP contribution in [0.3, 0.4) is 0 Å². The minimum Gasteiger partial charge on any atom is -0.490 e. The van der Waals surface area contributed by atoms with Gasteiger partial charge >= 0.3 is 0 Å². The minimum absolute atomic E-state index is 0.138. The highest BCUT2D eigenvalue weighted by Gasteiger charge is 1.99. The quantitative estimate of drug-likeness (QED) is 0.773. The second-order valence-corrected chi connectivity index (χ2v) is 3.63. The van der Waals surface area contributed by atoms with E-state index in [4.69, 9.17) is 4.74 Å². The Hall–Kier alpha value is -0.320. The molecule has 0 radical (unpaired) electrons. The summed E-state index contributed by atoms with van der Waals surface area (Å²) in [6, 6.07) is 5.83. The van der Waals surface area contributed by atoms with E-state index in [0.29, 0.717) is 0 Å². The maximum Gasteiger partial charge on any atom is 0.132 e. The Balaban J connectivity index is 2.72. The van der Waals surface area contributed by atoms with Crippen molar-refractivity contribution in [1.82, 2.24) is 0 Å². The summed E-state index contributed by atoms with van der Waals surface area (Å²) in [5.41, 5.74) is 1.19. The molecule has 0 atom stereocenters. The Bertz CT molecular complexity index is 263. The molecule has 0 saturated carbocycles. The van der Waals surface area contributed by atoms with Gasteiger partial charge in [0.05, 0.1) is 3.57 Å². The van der Waals surface area contributed by atoms with Crippen LogP contribution >= 0.6 is 22.6 Å². The predicted molar refractivity (Wildman–Crippen MR) is 55.4 cm³/mol. The first-order chi connectivity index (χ1) is 5.74. The average molecular weight is 280 g/mol. The summed E-state index contributed by atoms with van der Waals surface area (Å²) in [5.74, 6) is 0.763. The SMILES string of the molecule is Cc1ccc(OCCF)c(I)c1. The van der Waals surface area contributed by atoms with Crippen molar-refractivity contribution in [3.05, 3.63) is 27.3 Å². The van der Waals surface area contributed by atoms with Crippen molar-refractivity contribution >= 4 is 22.6 Å². The van der Waals surface area contributed by atoms with Crippen molar-refractivity contribution in [2.45, 2.75) is 6.92 Å². The van der Waals surface area contributed by atoms with E-state index in [2.05, 4.69) is 22.6 Å². The van der Waals surface area contributed by atoms with Gasteiger partial charge in [0.2, 0.25) is 0 Å². The fraction of sp³-hybridized carbons (Fsp3) is 0.333. The number of aryl methyl sites for hydroxylation is 1. The largest absolute Gasteiger partial charge is 0.490 e. The summed E-state index contributed by atoms with van der Waals surface area (Å²) in [4.78, 5) is 0. The lowest BCUT2D eigenvalue weighted by Crippen LogP contribution is -2.00. The molecule has 1 aromatic carbocycles. The zero-order valence-corrected chi connectivity index (χ0v) is 8.97. The van der Waals surface area contributed by atoms with Crippen molar-refractivity contribution in [2.24, 2.45) is 0 Å². The van der Waals surface area contributed by atoms with Gasteiger partial charge in [-0.1, -0.05) is 6.07 Å². The van der Waals surface area contributed by atoms with Crippen LogP contribution in [0.2, 0.25) is 0 Å². The standard InChI is InChI=1S/C9H10FIO/c1-7-2-3-9(8(11)6-7)12-5-4-10/h2-3,6H,4-5H2,1H3. The Kier molecular flexibility index (Phi) is 3.78. The van der Waals surface area contributed by atoms with E-state index >= 15 is 0 Å². The maximum absolute atomic E-state index is 11.8. The smallest absolute Gasteiger partial charge is 0.132 e. The summed E-state index contributed by atoms with van der Waals surface area (Å²) in [5, 5.41) is 0. The molecule has 0 aliphatic carbocycles. The molecule has 0 saturated heterocycles. The van der Waals surface area contributed by atoms with Crippen LogP contribution in [0.5, 0.6) is 5.75 Å². The molecular weight excluding hydrogens is 270 g/mol. The Morgan fingerprint density at radius 1 is 1.50 bits per heavy atom. The number of halogens is 2. The number of benzene rings is 1. The third-order valence-corrected chi connectivity index (χ3v) is 2.27. The van der Waals surface area contributed by atoms with Crippen LogP contribution in [0, 0.1) is 10.5 Å². The van der Waals surface area contributed by atoms with Gasteiger partial charge < -0.3 is 4.74 Å². The number of ether oxygens (including phenoxy) is 1. The molecule has 0 unspecified atom stereocenters. The molecule has 0 heterocycles. The molecule has 1 aromatic rings. The van der Waals surface area contributed by atoms with Gasteiger partial charge in [-0.3, -0.25) is 0 Å². The van der Waals surface area contributed by atoms with E-state index < -0.39 is 6.67 Å². The topological polar surface area (TPSA) is 9.23 Å². The van der Waals surface area contributed by atoms with Gasteiger partial charge in [-0.15, -0.1) is 0 Å². The zero-order chi connectivity index (χ0) is 8.97. The van der Waals surface area contributed by atoms with Crippen LogP contribution in [-0.2, 0) is 0 Å². The van der Waals surface area contributed by atoms with Gasteiger partial charge in [-0.25, -0.2) is 4.39 Å². The molecule has 0 aliphatic heterocycles. The van der Waals surface area contributed by atoms with Gasteiger partial charge in [-0.2, -0.15) is 0 Å². The lowest BCUT2D eigenvalue weighted by Gasteiger charge is -2.06. The molecule has 0 spiro atoms. The van der Waals surface area contributed by atoms with E-state index in [-0.39, 0.29) is 6.61 Å². The number of rotatable bonds is 3. The van der Waals surface area contributed by atoms with E-state index in [1.807, 2.05) is 25.1 Å². The lowest BCUT2D eigenvalue weighted by atomic mass is 10.2. The van der Waals surface area contributed by atoms with Crippen LogP contribution in [-0.4, -0.2) is 13.3 Å². The first-order valence-corrected chi connectivity index (χ1v) is 4.77. The van der Waals surface area contributed by atoms with Crippen molar-refractivity contribution in [3.63, 3.8) is 0 Å². The number of hydrogen-bond acceptors (Lipinski definition) is 1. The highest BCUT2D eigenvalue weighted by atomic mass is 127. The molecule has 0 N–H and O–H groups in total. The monoisotopic (exact) mass is 280 g/mol. The Labute approximate surface area is 85.1 Å². The van der Waals surface area contributed by atoms with Crippen molar-refractivity contribution in [1.29, 1.82) is 0 Å². The van der Waals surface area contributed by atoms with Crippen molar-refractivity contribution in [2.75, 3.05) is 13.3 Å². The third kappa shape index (κ3) is 2.62.